The van der Waals surface area contributed by atoms with Crippen LogP contribution in [0.2, 0.25) is 5.02 Å². The molecule has 0 fully saturated rings. The number of hydroxylamine groups is 1. The third-order valence-corrected chi connectivity index (χ3v) is 1.96. The summed E-state index contributed by atoms with van der Waals surface area (Å²) in [4.78, 5) is 3.86. The highest BCUT2D eigenvalue weighted by molar-refractivity contribution is 6.33. The molecule has 0 saturated carbocycles. The lowest BCUT2D eigenvalue weighted by atomic mass is 10.2. The minimum atomic E-state index is -0.157. The summed E-state index contributed by atoms with van der Waals surface area (Å²) in [5.41, 5.74) is 7.04. The molecule has 0 saturated heterocycles. The van der Waals surface area contributed by atoms with Crippen molar-refractivity contribution in [2.24, 2.45) is 4.99 Å². The fraction of sp³-hybridized carbons (Fsp3) is 0. The largest absolute Gasteiger partial charge is 0.623 e. The van der Waals surface area contributed by atoms with Crippen LogP contribution in [0.3, 0.4) is 0 Å². The van der Waals surface area contributed by atoms with E-state index in [1.807, 2.05) is 0 Å². The highest BCUT2D eigenvalue weighted by Gasteiger charge is 2.19. The smallest absolute Gasteiger partial charge is 0.194 e. The standard InChI is InChI=1S/C7H6ClN3O/c8-5-1-4(9)2-6-7(5)11(12)3-10-6/h1-3,11H,9H2. The minimum Gasteiger partial charge on any atom is -0.623 e. The van der Waals surface area contributed by atoms with E-state index in [0.29, 0.717) is 22.1 Å². The summed E-state index contributed by atoms with van der Waals surface area (Å²) in [5, 5.41) is 11.3. The van der Waals surface area contributed by atoms with Crippen molar-refractivity contribution in [3.8, 4) is 0 Å². The molecule has 0 aliphatic carbocycles. The Morgan fingerprint density at radius 2 is 2.25 bits per heavy atom. The summed E-state index contributed by atoms with van der Waals surface area (Å²) < 4.78 is 0. The molecule has 0 bridgehead atoms. The van der Waals surface area contributed by atoms with Gasteiger partial charge in [-0.15, -0.1) is 0 Å². The molecule has 1 heterocycles. The van der Waals surface area contributed by atoms with Crippen molar-refractivity contribution in [1.82, 2.24) is 0 Å². The number of rotatable bonds is 0. The van der Waals surface area contributed by atoms with Gasteiger partial charge in [0.05, 0.1) is 0 Å². The molecule has 12 heavy (non-hydrogen) atoms. The molecule has 1 aliphatic rings. The van der Waals surface area contributed by atoms with E-state index in [9.17, 15) is 5.21 Å². The summed E-state index contributed by atoms with van der Waals surface area (Å²) in [6.07, 6.45) is 1.25. The van der Waals surface area contributed by atoms with Crippen molar-refractivity contribution in [2.75, 3.05) is 5.73 Å². The highest BCUT2D eigenvalue weighted by atomic mass is 35.5. The number of nitrogens with two attached hydrogens (primary N) is 1. The van der Waals surface area contributed by atoms with Gasteiger partial charge in [0.2, 0.25) is 0 Å². The average molecular weight is 184 g/mol. The molecule has 0 aromatic heterocycles. The van der Waals surface area contributed by atoms with E-state index >= 15 is 0 Å². The van der Waals surface area contributed by atoms with Crippen molar-refractivity contribution < 1.29 is 5.06 Å². The van der Waals surface area contributed by atoms with Crippen LogP contribution in [0.15, 0.2) is 17.1 Å². The molecule has 1 unspecified atom stereocenters. The molecule has 1 aliphatic heterocycles. The number of halogens is 1. The van der Waals surface area contributed by atoms with Gasteiger partial charge in [-0.3, -0.25) is 5.06 Å². The molecular formula is C7H6ClN3O. The molecule has 0 spiro atoms. The van der Waals surface area contributed by atoms with Crippen molar-refractivity contribution in [3.05, 3.63) is 22.4 Å². The van der Waals surface area contributed by atoms with Gasteiger partial charge in [0.25, 0.3) is 0 Å². The molecule has 3 N–H and O–H groups in total. The Bertz CT molecular complexity index is 364. The maximum atomic E-state index is 11.1. The summed E-state index contributed by atoms with van der Waals surface area (Å²) in [5.74, 6) is 0. The third-order valence-electron chi connectivity index (χ3n) is 1.66. The lowest BCUT2D eigenvalue weighted by Crippen LogP contribution is -2.99. The van der Waals surface area contributed by atoms with Gasteiger partial charge in [-0.2, -0.15) is 4.99 Å². The first-order chi connectivity index (χ1) is 5.68. The minimum absolute atomic E-state index is 0.157. The maximum absolute atomic E-state index is 11.1. The number of hydrogen-bond acceptors (Lipinski definition) is 3. The Labute approximate surface area is 73.8 Å². The monoisotopic (exact) mass is 183 g/mol. The van der Waals surface area contributed by atoms with Gasteiger partial charge in [0.15, 0.2) is 12.0 Å². The van der Waals surface area contributed by atoms with Gasteiger partial charge in [-0.1, -0.05) is 11.6 Å². The zero-order valence-electron chi connectivity index (χ0n) is 6.04. The van der Waals surface area contributed by atoms with E-state index in [0.717, 1.165) is 0 Å². The molecule has 5 heteroatoms. The number of nitrogen functional groups attached to an aromatic ring is 1. The number of anilines is 1. The molecule has 0 radical (unpaired) electrons. The van der Waals surface area contributed by atoms with Gasteiger partial charge in [0, 0.05) is 5.69 Å². The first kappa shape index (κ1) is 7.54. The number of benzene rings is 1. The van der Waals surface area contributed by atoms with Crippen LogP contribution in [-0.2, 0) is 0 Å². The van der Waals surface area contributed by atoms with Gasteiger partial charge in [0.1, 0.15) is 10.7 Å². The predicted octanol–water partition coefficient (Wildman–Crippen LogP) is 0.610. The fourth-order valence-corrected chi connectivity index (χ4v) is 1.47. The van der Waals surface area contributed by atoms with Crippen LogP contribution in [0.5, 0.6) is 0 Å². The number of nitrogens with one attached hydrogen (secondary N) is 1. The molecule has 0 amide bonds. The zero-order valence-corrected chi connectivity index (χ0v) is 6.80. The van der Waals surface area contributed by atoms with Crippen LogP contribution >= 0.6 is 11.6 Å². The second kappa shape index (κ2) is 2.45. The van der Waals surface area contributed by atoms with E-state index in [4.69, 9.17) is 17.3 Å². The lowest BCUT2D eigenvalue weighted by Gasteiger charge is -2.12. The molecule has 62 valence electrons. The van der Waals surface area contributed by atoms with Crippen molar-refractivity contribution in [1.29, 1.82) is 0 Å². The van der Waals surface area contributed by atoms with Crippen molar-refractivity contribution in [2.45, 2.75) is 0 Å². The number of fused-ring (bicyclic) bond motifs is 1. The van der Waals surface area contributed by atoms with E-state index in [-0.39, 0.29) is 5.06 Å². The van der Waals surface area contributed by atoms with Crippen molar-refractivity contribution in [3.63, 3.8) is 0 Å². The van der Waals surface area contributed by atoms with Crippen LogP contribution in [-0.4, -0.2) is 6.34 Å². The van der Waals surface area contributed by atoms with Crippen LogP contribution in [0, 0.1) is 5.21 Å². The van der Waals surface area contributed by atoms with E-state index in [2.05, 4.69) is 4.99 Å². The Hall–Kier alpha value is -1.10. The second-order valence-electron chi connectivity index (χ2n) is 2.52. The third kappa shape index (κ3) is 0.972. The van der Waals surface area contributed by atoms with Crippen molar-refractivity contribution >= 4 is 35.0 Å². The summed E-state index contributed by atoms with van der Waals surface area (Å²) in [6.45, 7) is 0. The van der Waals surface area contributed by atoms with Crippen LogP contribution in [0.1, 0.15) is 0 Å². The number of quaternary nitrogens is 1. The van der Waals surface area contributed by atoms with E-state index in [1.165, 1.54) is 6.34 Å². The first-order valence-corrected chi connectivity index (χ1v) is 3.73. The first-order valence-electron chi connectivity index (χ1n) is 3.36. The van der Waals surface area contributed by atoms with Crippen LogP contribution in [0.4, 0.5) is 17.1 Å². The Morgan fingerprint density at radius 3 is 3.00 bits per heavy atom. The highest BCUT2D eigenvalue weighted by Crippen LogP contribution is 2.33. The lowest BCUT2D eigenvalue weighted by molar-refractivity contribution is -0.655. The topological polar surface area (TPSA) is 65.9 Å². The predicted molar refractivity (Wildman–Crippen MR) is 48.0 cm³/mol. The van der Waals surface area contributed by atoms with E-state index < -0.39 is 0 Å². The second-order valence-corrected chi connectivity index (χ2v) is 2.93. The quantitative estimate of drug-likeness (QED) is 0.457. The van der Waals surface area contributed by atoms with Gasteiger partial charge < -0.3 is 10.9 Å². The summed E-state index contributed by atoms with van der Waals surface area (Å²) in [6, 6.07) is 3.18. The number of nitrogens with zero attached hydrogens (tertiary/aromatic N) is 1. The fourth-order valence-electron chi connectivity index (χ4n) is 1.15. The molecule has 4 nitrogen and oxygen atoms in total. The molecule has 1 aromatic carbocycles. The number of aliphatic imine (C=N–C) groups is 1. The normalized spacial score (nSPS) is 19.7. The molecular weight excluding hydrogens is 178 g/mol. The summed E-state index contributed by atoms with van der Waals surface area (Å²) in [7, 11) is 0. The molecule has 2 rings (SSSR count). The zero-order chi connectivity index (χ0) is 8.72. The SMILES string of the molecule is Nc1cc(Cl)c2c(c1)N=C[NH+]2[O-]. The molecule has 1 aromatic rings. The maximum Gasteiger partial charge on any atom is 0.194 e. The average Bonchev–Trinajstić information content (AvgIpc) is 2.31. The van der Waals surface area contributed by atoms with Crippen LogP contribution < -0.4 is 10.8 Å². The Morgan fingerprint density at radius 1 is 1.50 bits per heavy atom. The van der Waals surface area contributed by atoms with Crippen LogP contribution in [0.25, 0.3) is 0 Å². The van der Waals surface area contributed by atoms with E-state index in [1.54, 1.807) is 12.1 Å². The summed E-state index contributed by atoms with van der Waals surface area (Å²) >= 11 is 5.79. The van der Waals surface area contributed by atoms with Gasteiger partial charge in [-0.05, 0) is 12.1 Å². The van der Waals surface area contributed by atoms with Gasteiger partial charge in [-0.25, -0.2) is 0 Å². The number of hydrogen-bond donors (Lipinski definition) is 2. The Balaban J connectivity index is 2.66. The molecule has 1 atom stereocenters. The van der Waals surface area contributed by atoms with Gasteiger partial charge >= 0.3 is 0 Å². The Kier molecular flexibility index (Phi) is 1.54.